The third-order valence-corrected chi connectivity index (χ3v) is 2.38. The van der Waals surface area contributed by atoms with Crippen LogP contribution in [0.15, 0.2) is 18.2 Å². The van der Waals surface area contributed by atoms with E-state index in [1.807, 2.05) is 25.1 Å². The molecule has 78 valence electrons. The summed E-state index contributed by atoms with van der Waals surface area (Å²) < 4.78 is 0. The molecule has 3 N–H and O–H groups in total. The van der Waals surface area contributed by atoms with Gasteiger partial charge in [0.05, 0.1) is 16.8 Å². The van der Waals surface area contributed by atoms with Gasteiger partial charge in [0, 0.05) is 20.6 Å². The lowest BCUT2D eigenvalue weighted by Crippen LogP contribution is -2.14. The fraction of sp³-hybridized carbons (Fsp3) is 0.400. The van der Waals surface area contributed by atoms with Crippen LogP contribution in [-0.4, -0.2) is 25.7 Å². The summed E-state index contributed by atoms with van der Waals surface area (Å²) in [4.78, 5) is 1.90. The Labute approximate surface area is 89.1 Å². The highest BCUT2D eigenvalue weighted by molar-refractivity contribution is 6.33. The van der Waals surface area contributed by atoms with Crippen molar-refractivity contribution >= 4 is 17.3 Å². The maximum Gasteiger partial charge on any atom is 0.0913 e. The van der Waals surface area contributed by atoms with E-state index in [2.05, 4.69) is 0 Å². The number of halogens is 1. The molecular formula is C10H15ClN2O. The highest BCUT2D eigenvalue weighted by Crippen LogP contribution is 2.27. The number of aliphatic hydroxyl groups is 1. The van der Waals surface area contributed by atoms with Crippen LogP contribution < -0.4 is 10.6 Å². The zero-order chi connectivity index (χ0) is 10.7. The predicted octanol–water partition coefficient (Wildman–Crippen LogP) is 1.40. The van der Waals surface area contributed by atoms with Gasteiger partial charge in [-0.15, -0.1) is 0 Å². The zero-order valence-electron chi connectivity index (χ0n) is 8.37. The first-order chi connectivity index (χ1) is 6.56. The average Bonchev–Trinajstić information content (AvgIpc) is 2.17. The molecule has 0 heterocycles. The van der Waals surface area contributed by atoms with E-state index in [1.165, 1.54) is 0 Å². The Morgan fingerprint density at radius 3 is 2.64 bits per heavy atom. The van der Waals surface area contributed by atoms with Gasteiger partial charge in [-0.1, -0.05) is 17.7 Å². The van der Waals surface area contributed by atoms with Gasteiger partial charge in [-0.2, -0.15) is 0 Å². The summed E-state index contributed by atoms with van der Waals surface area (Å²) in [7, 11) is 3.81. The summed E-state index contributed by atoms with van der Waals surface area (Å²) in [6, 6.07) is 5.40. The molecule has 4 heteroatoms. The molecule has 0 aliphatic carbocycles. The summed E-state index contributed by atoms with van der Waals surface area (Å²) in [6.07, 6.45) is -0.619. The number of nitrogens with two attached hydrogens (primary N) is 1. The minimum absolute atomic E-state index is 0.217. The minimum atomic E-state index is -0.619. The van der Waals surface area contributed by atoms with Gasteiger partial charge in [0.15, 0.2) is 0 Å². The van der Waals surface area contributed by atoms with E-state index in [0.29, 0.717) is 5.02 Å². The molecule has 0 aliphatic rings. The lowest BCUT2D eigenvalue weighted by molar-refractivity contribution is 0.187. The third kappa shape index (κ3) is 2.38. The first-order valence-corrected chi connectivity index (χ1v) is 4.79. The standard InChI is InChI=1S/C10H15ClN2O/c1-13(2)9-5-7(10(14)6-12)3-4-8(9)11/h3-5,10,14H,6,12H2,1-2H3. The molecule has 0 fully saturated rings. The molecule has 1 atom stereocenters. The maximum atomic E-state index is 9.54. The van der Waals surface area contributed by atoms with Crippen LogP contribution in [0.2, 0.25) is 5.02 Å². The molecule has 14 heavy (non-hydrogen) atoms. The maximum absolute atomic E-state index is 9.54. The van der Waals surface area contributed by atoms with Gasteiger partial charge in [-0.25, -0.2) is 0 Å². The van der Waals surface area contributed by atoms with Crippen LogP contribution in [0.25, 0.3) is 0 Å². The molecule has 0 saturated carbocycles. The van der Waals surface area contributed by atoms with Gasteiger partial charge in [0.1, 0.15) is 0 Å². The first kappa shape index (κ1) is 11.3. The molecule has 0 amide bonds. The van der Waals surface area contributed by atoms with E-state index in [1.54, 1.807) is 12.1 Å². The lowest BCUT2D eigenvalue weighted by atomic mass is 10.1. The quantitative estimate of drug-likeness (QED) is 0.800. The Kier molecular flexibility index (Phi) is 3.75. The summed E-state index contributed by atoms with van der Waals surface area (Å²) >= 11 is 5.98. The number of anilines is 1. The number of aliphatic hydroxyl groups excluding tert-OH is 1. The summed E-state index contributed by atoms with van der Waals surface area (Å²) in [5, 5.41) is 10.2. The van der Waals surface area contributed by atoms with Crippen molar-refractivity contribution in [2.24, 2.45) is 5.73 Å². The molecule has 1 aromatic carbocycles. The van der Waals surface area contributed by atoms with Crippen molar-refractivity contribution in [3.63, 3.8) is 0 Å². The lowest BCUT2D eigenvalue weighted by Gasteiger charge is -2.17. The highest BCUT2D eigenvalue weighted by atomic mass is 35.5. The van der Waals surface area contributed by atoms with Gasteiger partial charge in [0.2, 0.25) is 0 Å². The summed E-state index contributed by atoms with van der Waals surface area (Å²) in [5.41, 5.74) is 7.05. The monoisotopic (exact) mass is 214 g/mol. The Morgan fingerprint density at radius 2 is 2.14 bits per heavy atom. The van der Waals surface area contributed by atoms with E-state index in [9.17, 15) is 5.11 Å². The van der Waals surface area contributed by atoms with Crippen LogP contribution in [0.3, 0.4) is 0 Å². The van der Waals surface area contributed by atoms with Crippen molar-refractivity contribution in [1.82, 2.24) is 0 Å². The van der Waals surface area contributed by atoms with Crippen LogP contribution in [-0.2, 0) is 0 Å². The SMILES string of the molecule is CN(C)c1cc(C(O)CN)ccc1Cl. The van der Waals surface area contributed by atoms with Gasteiger partial charge >= 0.3 is 0 Å². The zero-order valence-corrected chi connectivity index (χ0v) is 9.12. The van der Waals surface area contributed by atoms with Gasteiger partial charge in [0.25, 0.3) is 0 Å². The topological polar surface area (TPSA) is 49.5 Å². The average molecular weight is 215 g/mol. The van der Waals surface area contributed by atoms with Crippen LogP contribution in [0.1, 0.15) is 11.7 Å². The molecule has 0 saturated heterocycles. The second-order valence-electron chi connectivity index (χ2n) is 3.36. The Bertz CT molecular complexity index is 315. The molecule has 0 bridgehead atoms. The summed E-state index contributed by atoms with van der Waals surface area (Å²) in [6.45, 7) is 0.217. The molecule has 0 spiro atoms. The van der Waals surface area contributed by atoms with Crippen molar-refractivity contribution in [2.75, 3.05) is 25.5 Å². The highest BCUT2D eigenvalue weighted by Gasteiger charge is 2.09. The van der Waals surface area contributed by atoms with Crippen molar-refractivity contribution in [3.05, 3.63) is 28.8 Å². The first-order valence-electron chi connectivity index (χ1n) is 4.41. The normalized spacial score (nSPS) is 12.6. The molecule has 0 aliphatic heterocycles. The Morgan fingerprint density at radius 1 is 1.50 bits per heavy atom. The number of benzene rings is 1. The van der Waals surface area contributed by atoms with Crippen molar-refractivity contribution in [2.45, 2.75) is 6.10 Å². The molecule has 1 unspecified atom stereocenters. The fourth-order valence-electron chi connectivity index (χ4n) is 1.22. The van der Waals surface area contributed by atoms with Gasteiger partial charge in [-0.3, -0.25) is 0 Å². The molecule has 0 aromatic heterocycles. The molecule has 1 rings (SSSR count). The largest absolute Gasteiger partial charge is 0.387 e. The fourth-order valence-corrected chi connectivity index (χ4v) is 1.50. The molecule has 3 nitrogen and oxygen atoms in total. The molecular weight excluding hydrogens is 200 g/mol. The van der Waals surface area contributed by atoms with Crippen molar-refractivity contribution in [3.8, 4) is 0 Å². The van der Waals surface area contributed by atoms with Gasteiger partial charge in [-0.05, 0) is 17.7 Å². The number of hydrogen-bond donors (Lipinski definition) is 2. The summed E-state index contributed by atoms with van der Waals surface area (Å²) in [5.74, 6) is 0. The van der Waals surface area contributed by atoms with E-state index < -0.39 is 6.10 Å². The van der Waals surface area contributed by atoms with Crippen LogP contribution in [0.4, 0.5) is 5.69 Å². The van der Waals surface area contributed by atoms with E-state index in [0.717, 1.165) is 11.3 Å². The predicted molar refractivity (Wildman–Crippen MR) is 59.8 cm³/mol. The van der Waals surface area contributed by atoms with Crippen LogP contribution in [0, 0.1) is 0 Å². The van der Waals surface area contributed by atoms with Gasteiger partial charge < -0.3 is 15.7 Å². The third-order valence-electron chi connectivity index (χ3n) is 2.06. The second kappa shape index (κ2) is 4.64. The minimum Gasteiger partial charge on any atom is -0.387 e. The number of nitrogens with zero attached hydrogens (tertiary/aromatic N) is 1. The number of hydrogen-bond acceptors (Lipinski definition) is 3. The second-order valence-corrected chi connectivity index (χ2v) is 3.76. The van der Waals surface area contributed by atoms with Crippen molar-refractivity contribution < 1.29 is 5.11 Å². The smallest absolute Gasteiger partial charge is 0.0913 e. The van der Waals surface area contributed by atoms with E-state index in [4.69, 9.17) is 17.3 Å². The van der Waals surface area contributed by atoms with Crippen LogP contribution >= 0.6 is 11.6 Å². The Hall–Kier alpha value is -0.770. The Balaban J connectivity index is 3.06. The van der Waals surface area contributed by atoms with E-state index in [-0.39, 0.29) is 6.54 Å². The van der Waals surface area contributed by atoms with Crippen LogP contribution in [0.5, 0.6) is 0 Å². The molecule has 1 aromatic rings. The van der Waals surface area contributed by atoms with Crippen molar-refractivity contribution in [1.29, 1.82) is 0 Å². The number of rotatable bonds is 3. The van der Waals surface area contributed by atoms with E-state index >= 15 is 0 Å². The molecule has 0 radical (unpaired) electrons.